The van der Waals surface area contributed by atoms with Crippen molar-refractivity contribution in [1.29, 1.82) is 0 Å². The van der Waals surface area contributed by atoms with E-state index in [4.69, 9.17) is 26.2 Å². The fraction of sp³-hybridized carbons (Fsp3) is 0.316. The molecule has 2 rings (SSSR count). The maximum Gasteiger partial charge on any atom is 0.262 e. The minimum atomic E-state index is -0.291. The van der Waals surface area contributed by atoms with Crippen LogP contribution in [0.25, 0.3) is 0 Å². The number of hydrogen-bond donors (Lipinski definition) is 3. The molecule has 0 aliphatic rings. The third-order valence-electron chi connectivity index (χ3n) is 3.59. The van der Waals surface area contributed by atoms with Crippen molar-refractivity contribution < 1.29 is 19.4 Å². The number of nitrogens with one attached hydrogen (secondary N) is 2. The molecule has 0 atom stereocenters. The van der Waals surface area contributed by atoms with Gasteiger partial charge in [0.1, 0.15) is 0 Å². The van der Waals surface area contributed by atoms with Gasteiger partial charge in [-0.05, 0) is 36.8 Å². The molecule has 0 fully saturated rings. The van der Waals surface area contributed by atoms with Gasteiger partial charge in [-0.25, -0.2) is 0 Å². The van der Waals surface area contributed by atoms with Crippen molar-refractivity contribution in [2.75, 3.05) is 32.2 Å². The molecule has 0 radical (unpaired) electrons. The average molecular weight is 379 g/mol. The molecule has 0 spiro atoms. The molecular formula is C19H23ClN2O4. The lowest BCUT2D eigenvalue weighted by Crippen LogP contribution is -2.20. The standard InChI is InChI=1S/C19H23ClN2O4/c1-13-3-5-15(6-4-13)22-18(24)12-26-19-16(20)9-14(10-17(19)25-2)11-21-7-8-23/h3-6,9-10,21,23H,7-8,11-12H2,1-2H3,(H,22,24). The molecule has 2 aromatic carbocycles. The number of aryl methyl sites for hydroxylation is 1. The van der Waals surface area contributed by atoms with Crippen molar-refractivity contribution in [1.82, 2.24) is 5.32 Å². The molecule has 0 saturated carbocycles. The van der Waals surface area contributed by atoms with E-state index in [9.17, 15) is 4.79 Å². The number of halogens is 1. The largest absolute Gasteiger partial charge is 0.493 e. The number of rotatable bonds is 9. The highest BCUT2D eigenvalue weighted by molar-refractivity contribution is 6.32. The first kappa shape index (κ1) is 20.0. The number of aliphatic hydroxyl groups excluding tert-OH is 1. The SMILES string of the molecule is COc1cc(CNCCO)cc(Cl)c1OCC(=O)Nc1ccc(C)cc1. The van der Waals surface area contributed by atoms with Crippen LogP contribution >= 0.6 is 11.6 Å². The summed E-state index contributed by atoms with van der Waals surface area (Å²) in [5.41, 5.74) is 2.70. The maximum absolute atomic E-state index is 12.1. The predicted molar refractivity (Wildman–Crippen MR) is 102 cm³/mol. The summed E-state index contributed by atoms with van der Waals surface area (Å²) in [6, 6.07) is 11.0. The molecule has 0 heterocycles. The summed E-state index contributed by atoms with van der Waals surface area (Å²) < 4.78 is 10.9. The summed E-state index contributed by atoms with van der Waals surface area (Å²) in [4.78, 5) is 12.1. The van der Waals surface area contributed by atoms with Crippen LogP contribution in [0.5, 0.6) is 11.5 Å². The van der Waals surface area contributed by atoms with E-state index in [0.29, 0.717) is 35.3 Å². The Hall–Kier alpha value is -2.28. The van der Waals surface area contributed by atoms with Crippen LogP contribution in [0.3, 0.4) is 0 Å². The number of aliphatic hydroxyl groups is 1. The second-order valence-electron chi connectivity index (χ2n) is 5.71. The Morgan fingerprint density at radius 3 is 2.62 bits per heavy atom. The van der Waals surface area contributed by atoms with Crippen molar-refractivity contribution in [3.63, 3.8) is 0 Å². The zero-order valence-corrected chi connectivity index (χ0v) is 15.6. The van der Waals surface area contributed by atoms with Gasteiger partial charge in [0.05, 0.1) is 18.7 Å². The Kier molecular flexibility index (Phi) is 7.72. The third-order valence-corrected chi connectivity index (χ3v) is 3.87. The lowest BCUT2D eigenvalue weighted by molar-refractivity contribution is -0.118. The number of methoxy groups -OCH3 is 1. The molecule has 7 heteroatoms. The van der Waals surface area contributed by atoms with Crippen LogP contribution < -0.4 is 20.1 Å². The highest BCUT2D eigenvalue weighted by Crippen LogP contribution is 2.36. The van der Waals surface area contributed by atoms with Crippen LogP contribution in [0.1, 0.15) is 11.1 Å². The van der Waals surface area contributed by atoms with Gasteiger partial charge in [0, 0.05) is 18.8 Å². The Morgan fingerprint density at radius 2 is 1.96 bits per heavy atom. The van der Waals surface area contributed by atoms with Gasteiger partial charge < -0.3 is 25.2 Å². The summed E-state index contributed by atoms with van der Waals surface area (Å²) in [5, 5.41) is 15.0. The number of carbonyl (C=O) groups excluding carboxylic acids is 1. The molecule has 0 bridgehead atoms. The minimum absolute atomic E-state index is 0.0577. The van der Waals surface area contributed by atoms with Crippen LogP contribution in [-0.4, -0.2) is 37.9 Å². The lowest BCUT2D eigenvalue weighted by atomic mass is 10.2. The van der Waals surface area contributed by atoms with Gasteiger partial charge >= 0.3 is 0 Å². The molecular weight excluding hydrogens is 356 g/mol. The van der Waals surface area contributed by atoms with E-state index in [1.54, 1.807) is 12.1 Å². The third kappa shape index (κ3) is 5.91. The van der Waals surface area contributed by atoms with E-state index in [-0.39, 0.29) is 19.1 Å². The molecule has 3 N–H and O–H groups in total. The molecule has 0 aliphatic carbocycles. The molecule has 6 nitrogen and oxygen atoms in total. The van der Waals surface area contributed by atoms with E-state index in [1.165, 1.54) is 7.11 Å². The summed E-state index contributed by atoms with van der Waals surface area (Å²) in [6.07, 6.45) is 0. The van der Waals surface area contributed by atoms with Gasteiger partial charge in [-0.15, -0.1) is 0 Å². The summed E-state index contributed by atoms with van der Waals surface area (Å²) >= 11 is 6.27. The molecule has 140 valence electrons. The quantitative estimate of drug-likeness (QED) is 0.585. The Balaban J connectivity index is 1.99. The monoisotopic (exact) mass is 378 g/mol. The topological polar surface area (TPSA) is 79.8 Å². The van der Waals surface area contributed by atoms with E-state index >= 15 is 0 Å². The summed E-state index contributed by atoms with van der Waals surface area (Å²) in [5.74, 6) is 0.473. The van der Waals surface area contributed by atoms with Crippen molar-refractivity contribution in [3.8, 4) is 11.5 Å². The summed E-state index contributed by atoms with van der Waals surface area (Å²) in [6.45, 7) is 2.86. The maximum atomic E-state index is 12.1. The second-order valence-corrected chi connectivity index (χ2v) is 6.12. The molecule has 0 unspecified atom stereocenters. The lowest BCUT2D eigenvalue weighted by Gasteiger charge is -2.14. The molecule has 2 aromatic rings. The van der Waals surface area contributed by atoms with E-state index < -0.39 is 0 Å². The normalized spacial score (nSPS) is 10.5. The van der Waals surface area contributed by atoms with Gasteiger partial charge in [0.2, 0.25) is 0 Å². The number of ether oxygens (including phenoxy) is 2. The molecule has 0 aliphatic heterocycles. The Labute approximate surface area is 158 Å². The van der Waals surface area contributed by atoms with Crippen molar-refractivity contribution in [2.24, 2.45) is 0 Å². The van der Waals surface area contributed by atoms with Gasteiger partial charge in [-0.2, -0.15) is 0 Å². The second kappa shape index (κ2) is 10.0. The van der Waals surface area contributed by atoms with Crippen LogP contribution in [-0.2, 0) is 11.3 Å². The van der Waals surface area contributed by atoms with Crippen LogP contribution in [0.15, 0.2) is 36.4 Å². The van der Waals surface area contributed by atoms with Crippen molar-refractivity contribution >= 4 is 23.2 Å². The van der Waals surface area contributed by atoms with Crippen molar-refractivity contribution in [3.05, 3.63) is 52.5 Å². The van der Waals surface area contributed by atoms with E-state index in [0.717, 1.165) is 11.1 Å². The number of amides is 1. The number of benzene rings is 2. The molecule has 26 heavy (non-hydrogen) atoms. The minimum Gasteiger partial charge on any atom is -0.493 e. The smallest absolute Gasteiger partial charge is 0.262 e. The number of carbonyl (C=O) groups is 1. The van der Waals surface area contributed by atoms with Crippen molar-refractivity contribution in [2.45, 2.75) is 13.5 Å². The van der Waals surface area contributed by atoms with Gasteiger partial charge in [0.15, 0.2) is 18.1 Å². The van der Waals surface area contributed by atoms with Crippen LogP contribution in [0.2, 0.25) is 5.02 Å². The van der Waals surface area contributed by atoms with Gasteiger partial charge in [0.25, 0.3) is 5.91 Å². The van der Waals surface area contributed by atoms with E-state index in [2.05, 4.69) is 10.6 Å². The molecule has 0 aromatic heterocycles. The zero-order valence-electron chi connectivity index (χ0n) is 14.8. The molecule has 0 saturated heterocycles. The van der Waals surface area contributed by atoms with E-state index in [1.807, 2.05) is 31.2 Å². The van der Waals surface area contributed by atoms with Gasteiger partial charge in [-0.3, -0.25) is 4.79 Å². The first-order valence-electron chi connectivity index (χ1n) is 8.20. The number of anilines is 1. The highest BCUT2D eigenvalue weighted by atomic mass is 35.5. The highest BCUT2D eigenvalue weighted by Gasteiger charge is 2.14. The fourth-order valence-corrected chi connectivity index (χ4v) is 2.59. The first-order chi connectivity index (χ1) is 12.5. The average Bonchev–Trinajstić information content (AvgIpc) is 2.62. The zero-order chi connectivity index (χ0) is 18.9. The fourth-order valence-electron chi connectivity index (χ4n) is 2.30. The van der Waals surface area contributed by atoms with Crippen LogP contribution in [0, 0.1) is 6.92 Å². The van der Waals surface area contributed by atoms with Crippen LogP contribution in [0.4, 0.5) is 5.69 Å². The summed E-state index contributed by atoms with van der Waals surface area (Å²) in [7, 11) is 1.51. The number of hydrogen-bond acceptors (Lipinski definition) is 5. The predicted octanol–water partition coefficient (Wildman–Crippen LogP) is 2.76. The Morgan fingerprint density at radius 1 is 1.23 bits per heavy atom. The Bertz CT molecular complexity index is 735. The first-order valence-corrected chi connectivity index (χ1v) is 8.58. The van der Waals surface area contributed by atoms with Gasteiger partial charge in [-0.1, -0.05) is 29.3 Å². The molecule has 1 amide bonds.